The first kappa shape index (κ1) is 16.5. The number of hydroxylamine groups is 1. The van der Waals surface area contributed by atoms with Gasteiger partial charge in [0, 0.05) is 0 Å². The summed E-state index contributed by atoms with van der Waals surface area (Å²) in [4.78, 5) is -1.60. The third kappa shape index (κ3) is 4.25. The molecule has 0 saturated heterocycles. The smallest absolute Gasteiger partial charge is 0.295 e. The van der Waals surface area contributed by atoms with Crippen LogP contribution in [0.4, 0.5) is 0 Å². The molecule has 0 aliphatic rings. The van der Waals surface area contributed by atoms with Crippen molar-refractivity contribution in [3.63, 3.8) is 0 Å². The zero-order valence-corrected chi connectivity index (χ0v) is 11.5. The Morgan fingerprint density at radius 3 is 2.20 bits per heavy atom. The first-order valence-corrected chi connectivity index (χ1v) is 7.92. The molecule has 112 valence electrons. The molecular weight excluding hydrogens is 314 g/mol. The van der Waals surface area contributed by atoms with E-state index in [-0.39, 0.29) is 16.8 Å². The summed E-state index contributed by atoms with van der Waals surface area (Å²) in [5, 5.41) is 19.8. The Bertz CT molecular complexity index is 735. The Balaban J connectivity index is 3.52. The summed E-state index contributed by atoms with van der Waals surface area (Å²) in [7, 11) is -9.47. The van der Waals surface area contributed by atoms with Gasteiger partial charge in [-0.15, -0.1) is 0 Å². The van der Waals surface area contributed by atoms with Crippen LogP contribution in [0, 0.1) is 5.21 Å². The maximum Gasteiger partial charge on any atom is 0.295 e. The first-order valence-electron chi connectivity index (χ1n) is 5.04. The highest BCUT2D eigenvalue weighted by molar-refractivity contribution is 7.86. The summed E-state index contributed by atoms with van der Waals surface area (Å²) in [6.45, 7) is -0.824. The molecular formula is C9H11NO8S2. The van der Waals surface area contributed by atoms with Gasteiger partial charge in [-0.2, -0.15) is 16.8 Å². The molecule has 0 amide bonds. The maximum absolute atomic E-state index is 11.2. The van der Waals surface area contributed by atoms with Crippen molar-refractivity contribution < 1.29 is 35.8 Å². The van der Waals surface area contributed by atoms with Gasteiger partial charge in [0.05, 0.1) is 10.5 Å². The molecule has 0 aliphatic carbocycles. The molecule has 0 bridgehead atoms. The number of aliphatic hydroxyl groups is 1. The Hall–Kier alpha value is -1.53. The molecule has 0 atom stereocenters. The molecule has 0 aromatic heterocycles. The van der Waals surface area contributed by atoms with Crippen molar-refractivity contribution in [3.8, 4) is 0 Å². The number of hydrogen-bond donors (Lipinski definition) is 3. The van der Waals surface area contributed by atoms with E-state index in [1.165, 1.54) is 0 Å². The van der Waals surface area contributed by atoms with Gasteiger partial charge in [-0.3, -0.25) is 9.11 Å². The zero-order chi connectivity index (χ0) is 15.6. The van der Waals surface area contributed by atoms with Gasteiger partial charge in [-0.05, 0) is 18.2 Å². The highest BCUT2D eigenvalue weighted by Crippen LogP contribution is 2.19. The summed E-state index contributed by atoms with van der Waals surface area (Å²) < 4.78 is 62.2. The van der Waals surface area contributed by atoms with Crippen LogP contribution >= 0.6 is 0 Å². The molecule has 3 N–H and O–H groups in total. The third-order valence-electron chi connectivity index (χ3n) is 2.16. The summed E-state index contributed by atoms with van der Waals surface area (Å²) in [6, 6.07) is 2.31. The number of aliphatic hydroxyl groups excluding tert-OH is 1. The van der Waals surface area contributed by atoms with Crippen molar-refractivity contribution >= 4 is 26.5 Å². The normalized spacial score (nSPS) is 13.4. The van der Waals surface area contributed by atoms with E-state index >= 15 is 0 Å². The van der Waals surface area contributed by atoms with Gasteiger partial charge in [0.15, 0.2) is 12.8 Å². The number of nitrogens with zero attached hydrogens (tertiary/aromatic N) is 1. The van der Waals surface area contributed by atoms with Crippen LogP contribution in [0.5, 0.6) is 0 Å². The highest BCUT2D eigenvalue weighted by atomic mass is 32.2. The molecule has 11 heteroatoms. The average Bonchev–Trinajstić information content (AvgIpc) is 2.26. The molecule has 0 fully saturated rings. The summed E-state index contributed by atoms with van der Waals surface area (Å²) in [5.74, 6) is 0. The summed E-state index contributed by atoms with van der Waals surface area (Å²) in [6.07, 6.45) is 0.757. The van der Waals surface area contributed by atoms with Crippen LogP contribution in [0.3, 0.4) is 0 Å². The van der Waals surface area contributed by atoms with E-state index in [1.807, 2.05) is 0 Å². The molecule has 0 spiro atoms. The Morgan fingerprint density at radius 1 is 1.15 bits per heavy atom. The molecule has 1 aromatic carbocycles. The van der Waals surface area contributed by atoms with Crippen LogP contribution in [-0.2, 0) is 20.2 Å². The first-order chi connectivity index (χ1) is 9.05. The van der Waals surface area contributed by atoms with Gasteiger partial charge >= 0.3 is 0 Å². The van der Waals surface area contributed by atoms with Crippen molar-refractivity contribution in [2.75, 3.05) is 13.2 Å². The van der Waals surface area contributed by atoms with E-state index in [2.05, 4.69) is 0 Å². The molecule has 20 heavy (non-hydrogen) atoms. The topological polar surface area (TPSA) is 155 Å². The molecule has 9 nitrogen and oxygen atoms in total. The minimum absolute atomic E-state index is 0.205. The van der Waals surface area contributed by atoms with E-state index in [0.717, 1.165) is 18.3 Å². The van der Waals surface area contributed by atoms with Crippen LogP contribution in [0.25, 0.3) is 0 Å². The molecule has 1 rings (SSSR count). The van der Waals surface area contributed by atoms with Crippen molar-refractivity contribution in [2.24, 2.45) is 0 Å². The molecule has 0 aliphatic heterocycles. The second-order valence-corrected chi connectivity index (χ2v) is 6.45. The van der Waals surface area contributed by atoms with Crippen molar-refractivity contribution in [2.45, 2.75) is 9.79 Å². The van der Waals surface area contributed by atoms with Crippen molar-refractivity contribution in [3.05, 3.63) is 29.0 Å². The SMILES string of the molecule is O=S(=O)(O)c1ccc(C=[N+]([O-])CCO)c(S(=O)(=O)O)c1. The fraction of sp³-hybridized carbons (Fsp3) is 0.222. The maximum atomic E-state index is 11.2. The lowest BCUT2D eigenvalue weighted by Crippen LogP contribution is -2.13. The van der Waals surface area contributed by atoms with Crippen molar-refractivity contribution in [1.82, 2.24) is 0 Å². The van der Waals surface area contributed by atoms with Crippen molar-refractivity contribution in [1.29, 1.82) is 0 Å². The fourth-order valence-corrected chi connectivity index (χ4v) is 2.60. The Kier molecular flexibility index (Phi) is 4.83. The predicted molar refractivity (Wildman–Crippen MR) is 66.8 cm³/mol. The molecule has 0 heterocycles. The number of benzene rings is 1. The molecule has 0 saturated carbocycles. The van der Waals surface area contributed by atoms with Crippen LogP contribution < -0.4 is 0 Å². The second kappa shape index (κ2) is 5.85. The van der Waals surface area contributed by atoms with E-state index in [1.54, 1.807) is 0 Å². The van der Waals surface area contributed by atoms with Crippen LogP contribution in [-0.4, -0.2) is 55.2 Å². The number of rotatable bonds is 5. The highest BCUT2D eigenvalue weighted by Gasteiger charge is 2.21. The lowest BCUT2D eigenvalue weighted by molar-refractivity contribution is -0.455. The van der Waals surface area contributed by atoms with Crippen LogP contribution in [0.2, 0.25) is 0 Å². The molecule has 1 aromatic rings. The zero-order valence-electron chi connectivity index (χ0n) is 9.87. The quantitative estimate of drug-likeness (QED) is 0.207. The predicted octanol–water partition coefficient (Wildman–Crippen LogP) is -0.898. The van der Waals surface area contributed by atoms with Gasteiger partial charge in [-0.1, -0.05) is 0 Å². The third-order valence-corrected chi connectivity index (χ3v) is 3.92. The van der Waals surface area contributed by atoms with Gasteiger partial charge < -0.3 is 10.3 Å². The minimum atomic E-state index is -4.81. The van der Waals surface area contributed by atoms with Gasteiger partial charge in [0.25, 0.3) is 20.2 Å². The van der Waals surface area contributed by atoms with Gasteiger partial charge in [0.2, 0.25) is 0 Å². The Morgan fingerprint density at radius 2 is 1.75 bits per heavy atom. The van der Waals surface area contributed by atoms with E-state index in [9.17, 15) is 22.0 Å². The fourth-order valence-electron chi connectivity index (χ4n) is 1.32. The van der Waals surface area contributed by atoms with Gasteiger partial charge in [0.1, 0.15) is 11.5 Å². The summed E-state index contributed by atoms with van der Waals surface area (Å²) >= 11 is 0. The van der Waals surface area contributed by atoms with Gasteiger partial charge in [-0.25, -0.2) is 4.74 Å². The van der Waals surface area contributed by atoms with Crippen LogP contribution in [0.15, 0.2) is 28.0 Å². The second-order valence-electron chi connectivity index (χ2n) is 3.64. The van der Waals surface area contributed by atoms with E-state index in [4.69, 9.17) is 14.2 Å². The summed E-state index contributed by atoms with van der Waals surface area (Å²) in [5.41, 5.74) is -0.289. The average molecular weight is 325 g/mol. The Labute approximate surface area is 114 Å². The molecule has 0 radical (unpaired) electrons. The monoisotopic (exact) mass is 325 g/mol. The largest absolute Gasteiger partial charge is 0.624 e. The minimum Gasteiger partial charge on any atom is -0.624 e. The standard InChI is InChI=1S/C9H11NO8S2/c11-4-3-10(12)6-7-1-2-8(19(13,14)15)5-9(7)20(16,17)18/h1-2,5-6,11H,3-4H2,(H,13,14,15)(H,16,17,18). The van der Waals surface area contributed by atoms with E-state index < -0.39 is 36.6 Å². The number of hydrogen-bond acceptors (Lipinski definition) is 6. The lowest BCUT2D eigenvalue weighted by Gasteiger charge is -2.06. The van der Waals surface area contributed by atoms with Crippen LogP contribution in [0.1, 0.15) is 5.56 Å². The lowest BCUT2D eigenvalue weighted by atomic mass is 10.2. The van der Waals surface area contributed by atoms with E-state index in [0.29, 0.717) is 6.07 Å². The molecule has 0 unspecified atom stereocenters.